The van der Waals surface area contributed by atoms with Crippen molar-refractivity contribution in [2.24, 2.45) is 0 Å². The number of rotatable bonds is 2. The largest absolute Gasteiger partial charge is 0.476 e. The minimum Gasteiger partial charge on any atom is -0.476 e. The Morgan fingerprint density at radius 1 is 1.40 bits per heavy atom. The molecule has 2 aliphatic rings. The molecule has 0 atom stereocenters. The van der Waals surface area contributed by atoms with Crippen LogP contribution in [-0.2, 0) is 9.47 Å². The molecule has 1 N–H and O–H groups in total. The molecule has 20 heavy (non-hydrogen) atoms. The third-order valence-electron chi connectivity index (χ3n) is 3.59. The number of pyridine rings is 1. The van der Waals surface area contributed by atoms with E-state index in [-0.39, 0.29) is 10.7 Å². The van der Waals surface area contributed by atoms with Crippen LogP contribution < -0.4 is 4.90 Å². The quantitative estimate of drug-likeness (QED) is 0.897. The zero-order valence-electron chi connectivity index (χ0n) is 10.8. The van der Waals surface area contributed by atoms with Gasteiger partial charge in [-0.3, -0.25) is 0 Å². The van der Waals surface area contributed by atoms with E-state index in [4.69, 9.17) is 26.2 Å². The number of carboxylic acid groups (broad SMARTS) is 1. The zero-order valence-corrected chi connectivity index (χ0v) is 11.6. The second-order valence-corrected chi connectivity index (χ2v) is 5.34. The van der Waals surface area contributed by atoms with E-state index in [2.05, 4.69) is 4.98 Å². The maximum absolute atomic E-state index is 11.1. The summed E-state index contributed by atoms with van der Waals surface area (Å²) in [4.78, 5) is 17.2. The van der Waals surface area contributed by atoms with Gasteiger partial charge in [-0.25, -0.2) is 9.78 Å². The predicted octanol–water partition coefficient (Wildman–Crippen LogP) is 1.78. The van der Waals surface area contributed by atoms with Crippen molar-refractivity contribution in [1.82, 2.24) is 4.98 Å². The van der Waals surface area contributed by atoms with Crippen molar-refractivity contribution < 1.29 is 19.4 Å². The van der Waals surface area contributed by atoms with Gasteiger partial charge in [-0.15, -0.1) is 0 Å². The summed E-state index contributed by atoms with van der Waals surface area (Å²) in [6, 6.07) is 3.29. The van der Waals surface area contributed by atoms with Crippen LogP contribution in [0.2, 0.25) is 5.02 Å². The zero-order chi connectivity index (χ0) is 14.2. The Balaban J connectivity index is 1.85. The maximum Gasteiger partial charge on any atom is 0.356 e. The van der Waals surface area contributed by atoms with Crippen molar-refractivity contribution in [3.05, 3.63) is 22.8 Å². The van der Waals surface area contributed by atoms with E-state index in [0.717, 1.165) is 19.4 Å². The van der Waals surface area contributed by atoms with Crippen molar-refractivity contribution >= 4 is 23.4 Å². The molecular weight excluding hydrogens is 284 g/mol. The lowest BCUT2D eigenvalue weighted by molar-refractivity contribution is -0.161. The lowest BCUT2D eigenvalue weighted by atomic mass is 10.0. The number of hydrogen-bond donors (Lipinski definition) is 1. The summed E-state index contributed by atoms with van der Waals surface area (Å²) in [5.41, 5.74) is -0.128. The maximum atomic E-state index is 11.1. The van der Waals surface area contributed by atoms with Crippen molar-refractivity contribution in [2.45, 2.75) is 18.6 Å². The van der Waals surface area contributed by atoms with Crippen LogP contribution in [0.15, 0.2) is 12.1 Å². The number of carboxylic acids is 1. The molecule has 0 aromatic carbocycles. The smallest absolute Gasteiger partial charge is 0.356 e. The molecule has 0 unspecified atom stereocenters. The molecule has 0 amide bonds. The van der Waals surface area contributed by atoms with Crippen LogP contribution in [-0.4, -0.2) is 48.2 Å². The SMILES string of the molecule is O=C(O)c1nc(N2CCCC3(C2)OCCO3)ccc1Cl. The average Bonchev–Trinajstić information content (AvgIpc) is 2.87. The Labute approximate surface area is 121 Å². The second-order valence-electron chi connectivity index (χ2n) is 4.94. The topological polar surface area (TPSA) is 71.9 Å². The molecule has 1 spiro atoms. The Kier molecular flexibility index (Phi) is 3.54. The third kappa shape index (κ3) is 2.46. The fraction of sp³-hybridized carbons (Fsp3) is 0.538. The number of nitrogens with zero attached hydrogens (tertiary/aromatic N) is 2. The second kappa shape index (κ2) is 5.20. The number of aromatic carboxylic acids is 1. The van der Waals surface area contributed by atoms with Gasteiger partial charge in [0.2, 0.25) is 0 Å². The molecule has 1 aromatic rings. The fourth-order valence-corrected chi connectivity index (χ4v) is 2.86. The Morgan fingerprint density at radius 2 is 2.15 bits per heavy atom. The molecule has 0 bridgehead atoms. The molecule has 2 aliphatic heterocycles. The van der Waals surface area contributed by atoms with Gasteiger partial charge in [0, 0.05) is 13.0 Å². The first kappa shape index (κ1) is 13.6. The van der Waals surface area contributed by atoms with Crippen LogP contribution in [0.3, 0.4) is 0 Å². The first-order valence-electron chi connectivity index (χ1n) is 6.52. The van der Waals surface area contributed by atoms with E-state index in [1.807, 2.05) is 4.90 Å². The van der Waals surface area contributed by atoms with Gasteiger partial charge in [-0.1, -0.05) is 11.6 Å². The molecule has 0 radical (unpaired) electrons. The highest BCUT2D eigenvalue weighted by Crippen LogP contribution is 2.32. The van der Waals surface area contributed by atoms with Gasteiger partial charge in [0.1, 0.15) is 5.82 Å². The van der Waals surface area contributed by atoms with Gasteiger partial charge in [0.05, 0.1) is 24.8 Å². The Hall–Kier alpha value is -1.37. The van der Waals surface area contributed by atoms with Gasteiger partial charge in [0.25, 0.3) is 0 Å². The summed E-state index contributed by atoms with van der Waals surface area (Å²) in [6.45, 7) is 2.55. The number of ether oxygens (including phenoxy) is 2. The molecule has 0 saturated carbocycles. The van der Waals surface area contributed by atoms with Crippen molar-refractivity contribution in [3.8, 4) is 0 Å². The minimum atomic E-state index is -1.13. The highest BCUT2D eigenvalue weighted by molar-refractivity contribution is 6.33. The van der Waals surface area contributed by atoms with E-state index in [1.165, 1.54) is 0 Å². The van der Waals surface area contributed by atoms with E-state index >= 15 is 0 Å². The number of anilines is 1. The van der Waals surface area contributed by atoms with Crippen LogP contribution >= 0.6 is 11.6 Å². The van der Waals surface area contributed by atoms with Gasteiger partial charge >= 0.3 is 5.97 Å². The molecule has 3 heterocycles. The summed E-state index contributed by atoms with van der Waals surface area (Å²) < 4.78 is 11.4. The first-order chi connectivity index (χ1) is 9.60. The summed E-state index contributed by atoms with van der Waals surface area (Å²) in [5, 5.41) is 9.22. The molecule has 3 rings (SSSR count). The molecule has 1 aromatic heterocycles. The van der Waals surface area contributed by atoms with E-state index in [9.17, 15) is 4.79 Å². The first-order valence-corrected chi connectivity index (χ1v) is 6.90. The van der Waals surface area contributed by atoms with Crippen molar-refractivity contribution in [1.29, 1.82) is 0 Å². The number of hydrogen-bond acceptors (Lipinski definition) is 5. The number of aromatic nitrogens is 1. The standard InChI is InChI=1S/C13H15ClN2O4/c14-9-2-3-10(15-11(9)12(17)18)16-5-1-4-13(8-16)19-6-7-20-13/h2-3H,1,4-8H2,(H,17,18). The average molecular weight is 299 g/mol. The normalized spacial score (nSPS) is 21.4. The molecule has 7 heteroatoms. The summed E-state index contributed by atoms with van der Waals surface area (Å²) in [6.07, 6.45) is 1.76. The molecule has 108 valence electrons. The lowest BCUT2D eigenvalue weighted by Crippen LogP contribution is -2.49. The monoisotopic (exact) mass is 298 g/mol. The van der Waals surface area contributed by atoms with Crippen LogP contribution in [0, 0.1) is 0 Å². The lowest BCUT2D eigenvalue weighted by Gasteiger charge is -2.39. The fourth-order valence-electron chi connectivity index (χ4n) is 2.67. The summed E-state index contributed by atoms with van der Waals surface area (Å²) in [7, 11) is 0. The van der Waals surface area contributed by atoms with Crippen molar-refractivity contribution in [2.75, 3.05) is 31.2 Å². The van der Waals surface area contributed by atoms with Crippen LogP contribution in [0.25, 0.3) is 0 Å². The van der Waals surface area contributed by atoms with Crippen LogP contribution in [0.1, 0.15) is 23.3 Å². The minimum absolute atomic E-state index is 0.128. The number of piperidine rings is 1. The van der Waals surface area contributed by atoms with E-state index < -0.39 is 11.8 Å². The molecule has 0 aliphatic carbocycles. The highest BCUT2D eigenvalue weighted by Gasteiger charge is 2.41. The Bertz CT molecular complexity index is 531. The van der Waals surface area contributed by atoms with E-state index in [1.54, 1.807) is 12.1 Å². The highest BCUT2D eigenvalue weighted by atomic mass is 35.5. The third-order valence-corrected chi connectivity index (χ3v) is 3.89. The van der Waals surface area contributed by atoms with Crippen LogP contribution in [0.5, 0.6) is 0 Å². The molecule has 2 saturated heterocycles. The summed E-state index contributed by atoms with van der Waals surface area (Å²) in [5.74, 6) is -1.11. The van der Waals surface area contributed by atoms with E-state index in [0.29, 0.717) is 25.6 Å². The van der Waals surface area contributed by atoms with Gasteiger partial charge in [0.15, 0.2) is 11.5 Å². The molecule has 6 nitrogen and oxygen atoms in total. The van der Waals surface area contributed by atoms with Gasteiger partial charge in [-0.2, -0.15) is 0 Å². The van der Waals surface area contributed by atoms with Crippen molar-refractivity contribution in [3.63, 3.8) is 0 Å². The van der Waals surface area contributed by atoms with Gasteiger partial charge < -0.3 is 19.5 Å². The van der Waals surface area contributed by atoms with Crippen LogP contribution in [0.4, 0.5) is 5.82 Å². The Morgan fingerprint density at radius 3 is 2.85 bits per heavy atom. The molecular formula is C13H15ClN2O4. The number of halogens is 1. The number of carbonyl (C=O) groups is 1. The van der Waals surface area contributed by atoms with Gasteiger partial charge in [-0.05, 0) is 18.6 Å². The summed E-state index contributed by atoms with van der Waals surface area (Å²) >= 11 is 5.84. The predicted molar refractivity (Wildman–Crippen MR) is 72.3 cm³/mol. The molecule has 2 fully saturated rings.